The highest BCUT2D eigenvalue weighted by Gasteiger charge is 2.35. The van der Waals surface area contributed by atoms with Crippen LogP contribution in [0.3, 0.4) is 0 Å². The van der Waals surface area contributed by atoms with Crippen LogP contribution in [0.2, 0.25) is 0 Å². The first kappa shape index (κ1) is 22.3. The summed E-state index contributed by atoms with van der Waals surface area (Å²) in [6.45, 7) is 6.53. The molecule has 1 aromatic heterocycles. The van der Waals surface area contributed by atoms with E-state index < -0.39 is 12.2 Å². The van der Waals surface area contributed by atoms with Crippen molar-refractivity contribution in [2.45, 2.75) is 52.4 Å². The largest absolute Gasteiger partial charge is 0.497 e. The molecule has 170 valence electrons. The Kier molecular flexibility index (Phi) is 6.51. The van der Waals surface area contributed by atoms with Gasteiger partial charge >= 0.3 is 5.97 Å². The van der Waals surface area contributed by atoms with Crippen LogP contribution < -0.4 is 4.74 Å². The summed E-state index contributed by atoms with van der Waals surface area (Å²) in [5.41, 5.74) is 2.16. The minimum atomic E-state index is -1.48. The first-order chi connectivity index (χ1) is 15.4. The van der Waals surface area contributed by atoms with E-state index in [1.807, 2.05) is 48.5 Å². The number of aliphatic hydroxyl groups is 1. The van der Waals surface area contributed by atoms with Crippen molar-refractivity contribution in [2.75, 3.05) is 7.11 Å². The second kappa shape index (κ2) is 9.33. The fourth-order valence-corrected chi connectivity index (χ4v) is 4.80. The topological polar surface area (TPSA) is 73.6 Å². The zero-order valence-corrected chi connectivity index (χ0v) is 19.2. The van der Waals surface area contributed by atoms with E-state index in [0.717, 1.165) is 30.6 Å². The second-order valence-corrected chi connectivity index (χ2v) is 9.20. The van der Waals surface area contributed by atoms with E-state index in [9.17, 15) is 9.90 Å². The normalized spacial score (nSPS) is 22.1. The number of para-hydroxylation sites is 2. The van der Waals surface area contributed by atoms with E-state index in [1.54, 1.807) is 11.7 Å². The Morgan fingerprint density at radius 2 is 1.84 bits per heavy atom. The number of aliphatic hydroxyl groups excluding tert-OH is 1. The summed E-state index contributed by atoms with van der Waals surface area (Å²) < 4.78 is 12.8. The van der Waals surface area contributed by atoms with Crippen molar-refractivity contribution in [3.63, 3.8) is 0 Å². The van der Waals surface area contributed by atoms with Gasteiger partial charge in [-0.1, -0.05) is 39.3 Å². The predicted octanol–water partition coefficient (Wildman–Crippen LogP) is 5.21. The number of aromatic nitrogens is 2. The molecule has 1 aliphatic rings. The van der Waals surface area contributed by atoms with Crippen LogP contribution in [-0.2, 0) is 9.53 Å². The van der Waals surface area contributed by atoms with Crippen molar-refractivity contribution in [2.24, 2.45) is 17.8 Å². The number of methoxy groups -OCH3 is 1. The number of rotatable bonds is 6. The van der Waals surface area contributed by atoms with E-state index >= 15 is 0 Å². The number of hydrogen-bond acceptors (Lipinski definition) is 5. The van der Waals surface area contributed by atoms with Crippen LogP contribution in [0, 0.1) is 17.8 Å². The lowest BCUT2D eigenvalue weighted by Crippen LogP contribution is -2.37. The van der Waals surface area contributed by atoms with Crippen LogP contribution in [0.4, 0.5) is 0 Å². The lowest BCUT2D eigenvalue weighted by Gasteiger charge is -2.37. The molecule has 1 saturated carbocycles. The molecule has 0 saturated heterocycles. The molecule has 0 spiro atoms. The molecular weight excluding hydrogens is 404 g/mol. The number of ether oxygens (including phenoxy) is 2. The Hall–Kier alpha value is -2.86. The molecule has 0 bridgehead atoms. The smallest absolute Gasteiger partial charge is 0.357 e. The van der Waals surface area contributed by atoms with Crippen molar-refractivity contribution in [3.05, 3.63) is 48.5 Å². The average molecular weight is 437 g/mol. The van der Waals surface area contributed by atoms with Gasteiger partial charge in [-0.2, -0.15) is 0 Å². The molecule has 0 amide bonds. The molecule has 1 fully saturated rings. The summed E-state index contributed by atoms with van der Waals surface area (Å²) in [4.78, 5) is 17.9. The molecule has 6 nitrogen and oxygen atoms in total. The number of benzene rings is 2. The fraction of sp³-hybridized carbons (Fsp3) is 0.462. The van der Waals surface area contributed by atoms with Crippen LogP contribution >= 0.6 is 0 Å². The van der Waals surface area contributed by atoms with Crippen molar-refractivity contribution < 1.29 is 19.4 Å². The third-order valence-electron chi connectivity index (χ3n) is 6.63. The number of esters is 1. The van der Waals surface area contributed by atoms with Gasteiger partial charge in [-0.25, -0.2) is 9.78 Å². The second-order valence-electron chi connectivity index (χ2n) is 9.20. The van der Waals surface area contributed by atoms with Crippen LogP contribution in [-0.4, -0.2) is 33.8 Å². The van der Waals surface area contributed by atoms with Crippen LogP contribution in [0.5, 0.6) is 5.75 Å². The van der Waals surface area contributed by atoms with Crippen molar-refractivity contribution in [3.8, 4) is 17.1 Å². The van der Waals surface area contributed by atoms with Gasteiger partial charge in [0, 0.05) is 5.56 Å². The van der Waals surface area contributed by atoms with Gasteiger partial charge < -0.3 is 14.6 Å². The van der Waals surface area contributed by atoms with Gasteiger partial charge in [-0.05, 0) is 67.0 Å². The zero-order valence-electron chi connectivity index (χ0n) is 19.2. The van der Waals surface area contributed by atoms with E-state index in [0.29, 0.717) is 34.6 Å². The lowest BCUT2D eigenvalue weighted by molar-refractivity contribution is -0.170. The SMILES string of the molecule is COc1ccc(-c2nc3ccccc3n2[C@H](O)C(=O)OC2CC(C)CCC2C(C)C)cc1. The number of carbonyl (C=O) groups excluding carboxylic acids is 1. The summed E-state index contributed by atoms with van der Waals surface area (Å²) >= 11 is 0. The van der Waals surface area contributed by atoms with E-state index in [4.69, 9.17) is 14.5 Å². The molecule has 32 heavy (non-hydrogen) atoms. The maximum Gasteiger partial charge on any atom is 0.357 e. The summed E-state index contributed by atoms with van der Waals surface area (Å²) in [5, 5.41) is 11.2. The van der Waals surface area contributed by atoms with Gasteiger partial charge in [0.05, 0.1) is 18.1 Å². The van der Waals surface area contributed by atoms with Crippen molar-refractivity contribution in [1.82, 2.24) is 9.55 Å². The molecule has 1 heterocycles. The van der Waals surface area contributed by atoms with E-state index in [2.05, 4.69) is 20.8 Å². The Balaban J connectivity index is 1.67. The highest BCUT2D eigenvalue weighted by Crippen LogP contribution is 2.36. The van der Waals surface area contributed by atoms with Gasteiger partial charge in [0.2, 0.25) is 6.23 Å². The third-order valence-corrected chi connectivity index (χ3v) is 6.63. The summed E-state index contributed by atoms with van der Waals surface area (Å²) in [5.74, 6) is 1.83. The molecule has 0 aliphatic heterocycles. The average Bonchev–Trinajstić information content (AvgIpc) is 3.18. The molecule has 3 aromatic rings. The van der Waals surface area contributed by atoms with Gasteiger partial charge in [0.1, 0.15) is 17.7 Å². The highest BCUT2D eigenvalue weighted by molar-refractivity contribution is 5.84. The zero-order chi connectivity index (χ0) is 22.8. The van der Waals surface area contributed by atoms with Crippen LogP contribution in [0.15, 0.2) is 48.5 Å². The molecule has 1 N–H and O–H groups in total. The fourth-order valence-electron chi connectivity index (χ4n) is 4.80. The molecule has 4 atom stereocenters. The maximum absolute atomic E-state index is 13.2. The minimum absolute atomic E-state index is 0.180. The van der Waals surface area contributed by atoms with E-state index in [1.165, 1.54) is 0 Å². The van der Waals surface area contributed by atoms with Gasteiger partial charge in [0.25, 0.3) is 0 Å². The number of imidazole rings is 1. The molecule has 6 heteroatoms. The first-order valence-electron chi connectivity index (χ1n) is 11.4. The number of fused-ring (bicyclic) bond motifs is 1. The minimum Gasteiger partial charge on any atom is -0.497 e. The third kappa shape index (κ3) is 4.37. The van der Waals surface area contributed by atoms with Gasteiger partial charge in [-0.15, -0.1) is 0 Å². The van der Waals surface area contributed by atoms with Gasteiger partial charge in [-0.3, -0.25) is 4.57 Å². The standard InChI is InChI=1S/C26H32N2O4/c1-16(2)20-14-9-17(3)15-23(20)32-26(30)25(29)28-22-8-6-5-7-21(22)27-24(28)18-10-12-19(31-4)13-11-18/h5-8,10-13,16-17,20,23,25,29H,9,14-15H2,1-4H3/t17?,20?,23?,25-/m1/s1. The summed E-state index contributed by atoms with van der Waals surface area (Å²) in [6.07, 6.45) is 1.35. The van der Waals surface area contributed by atoms with Crippen molar-refractivity contribution in [1.29, 1.82) is 0 Å². The van der Waals surface area contributed by atoms with Gasteiger partial charge in [0.15, 0.2) is 0 Å². The molecule has 0 radical (unpaired) electrons. The Bertz CT molecular complexity index is 1070. The first-order valence-corrected chi connectivity index (χ1v) is 11.4. The monoisotopic (exact) mass is 436 g/mol. The maximum atomic E-state index is 13.2. The number of hydrogen-bond donors (Lipinski definition) is 1. The highest BCUT2D eigenvalue weighted by atomic mass is 16.6. The molecule has 4 rings (SSSR count). The summed E-state index contributed by atoms with van der Waals surface area (Å²) in [6, 6.07) is 14.9. The van der Waals surface area contributed by atoms with Crippen LogP contribution in [0.1, 0.15) is 46.3 Å². The Morgan fingerprint density at radius 3 is 2.53 bits per heavy atom. The Morgan fingerprint density at radius 1 is 1.12 bits per heavy atom. The number of carbonyl (C=O) groups is 1. The van der Waals surface area contributed by atoms with E-state index in [-0.39, 0.29) is 6.10 Å². The molecule has 3 unspecified atom stereocenters. The quantitative estimate of drug-likeness (QED) is 0.537. The van der Waals surface area contributed by atoms with Crippen molar-refractivity contribution >= 4 is 17.0 Å². The predicted molar refractivity (Wildman–Crippen MR) is 124 cm³/mol. The molecule has 2 aromatic carbocycles. The summed E-state index contributed by atoms with van der Waals surface area (Å²) in [7, 11) is 1.61. The number of nitrogens with zero attached hydrogens (tertiary/aromatic N) is 2. The van der Waals surface area contributed by atoms with Crippen LogP contribution in [0.25, 0.3) is 22.4 Å². The molecular formula is C26H32N2O4. The Labute approximate surface area is 189 Å². The molecule has 1 aliphatic carbocycles. The lowest BCUT2D eigenvalue weighted by atomic mass is 9.75.